The molecule has 1 aromatic heterocycles. The van der Waals surface area contributed by atoms with Crippen LogP contribution >= 0.6 is 0 Å². The van der Waals surface area contributed by atoms with Gasteiger partial charge in [0, 0.05) is 31.6 Å². The number of hydrogen-bond acceptors (Lipinski definition) is 4. The average molecular weight is 361 g/mol. The van der Waals surface area contributed by atoms with E-state index >= 15 is 0 Å². The van der Waals surface area contributed by atoms with E-state index in [1.165, 1.54) is 18.4 Å². The number of carboxylic acid groups (broad SMARTS) is 1. The number of aliphatic carboxylic acids is 1. The Balaban J connectivity index is 1.44. The molecule has 7 nitrogen and oxygen atoms in total. The van der Waals surface area contributed by atoms with Crippen molar-refractivity contribution in [2.75, 3.05) is 19.6 Å². The van der Waals surface area contributed by atoms with E-state index in [1.807, 2.05) is 0 Å². The molecular formula is C18H20FN3O4. The molecule has 1 fully saturated rings. The summed E-state index contributed by atoms with van der Waals surface area (Å²) in [5, 5.41) is 11.8. The van der Waals surface area contributed by atoms with Crippen molar-refractivity contribution in [2.45, 2.75) is 19.3 Å². The van der Waals surface area contributed by atoms with E-state index < -0.39 is 5.97 Å². The number of hydrogen-bond donors (Lipinski definition) is 2. The number of carbonyl (C=O) groups excluding carboxylic acids is 1. The molecule has 26 heavy (non-hydrogen) atoms. The summed E-state index contributed by atoms with van der Waals surface area (Å²) in [4.78, 5) is 29.0. The molecule has 0 radical (unpaired) electrons. The maximum atomic E-state index is 12.9. The van der Waals surface area contributed by atoms with Crippen LogP contribution in [0.1, 0.15) is 18.5 Å². The quantitative estimate of drug-likeness (QED) is 0.853. The third-order valence-corrected chi connectivity index (χ3v) is 4.43. The van der Waals surface area contributed by atoms with E-state index in [0.29, 0.717) is 56.0 Å². The summed E-state index contributed by atoms with van der Waals surface area (Å²) in [5.41, 5.74) is 1.37. The van der Waals surface area contributed by atoms with Crippen molar-refractivity contribution in [1.29, 1.82) is 0 Å². The van der Waals surface area contributed by atoms with Gasteiger partial charge in [-0.2, -0.15) is 0 Å². The first kappa shape index (κ1) is 17.9. The van der Waals surface area contributed by atoms with E-state index in [-0.39, 0.29) is 17.8 Å². The van der Waals surface area contributed by atoms with E-state index in [0.717, 1.165) is 0 Å². The number of nitrogens with zero attached hydrogens (tertiary/aromatic N) is 2. The van der Waals surface area contributed by atoms with Gasteiger partial charge in [-0.3, -0.25) is 4.79 Å². The number of aromatic nitrogens is 1. The zero-order valence-corrected chi connectivity index (χ0v) is 14.2. The van der Waals surface area contributed by atoms with Gasteiger partial charge in [-0.15, -0.1) is 0 Å². The van der Waals surface area contributed by atoms with Gasteiger partial charge >= 0.3 is 12.0 Å². The smallest absolute Gasteiger partial charge is 0.317 e. The van der Waals surface area contributed by atoms with E-state index in [4.69, 9.17) is 9.52 Å². The molecule has 2 heterocycles. The van der Waals surface area contributed by atoms with Gasteiger partial charge < -0.3 is 19.7 Å². The van der Waals surface area contributed by atoms with Gasteiger partial charge in [0.25, 0.3) is 0 Å². The van der Waals surface area contributed by atoms with Gasteiger partial charge in [0.2, 0.25) is 5.89 Å². The fourth-order valence-corrected chi connectivity index (χ4v) is 2.89. The number of oxazole rings is 1. The number of halogens is 1. The number of carboxylic acids is 1. The maximum absolute atomic E-state index is 12.9. The zero-order valence-electron chi connectivity index (χ0n) is 14.2. The first-order chi connectivity index (χ1) is 12.5. The molecule has 0 aliphatic carbocycles. The molecular weight excluding hydrogens is 341 g/mol. The summed E-state index contributed by atoms with van der Waals surface area (Å²) in [6, 6.07) is 5.66. The number of carbonyl (C=O) groups is 2. The van der Waals surface area contributed by atoms with Crippen molar-refractivity contribution in [2.24, 2.45) is 5.92 Å². The van der Waals surface area contributed by atoms with Crippen LogP contribution in [0.2, 0.25) is 0 Å². The Morgan fingerprint density at radius 1 is 1.27 bits per heavy atom. The van der Waals surface area contributed by atoms with Crippen LogP contribution in [0.25, 0.3) is 11.5 Å². The summed E-state index contributed by atoms with van der Waals surface area (Å²) in [6.07, 6.45) is 2.98. The number of piperidine rings is 1. The van der Waals surface area contributed by atoms with Crippen molar-refractivity contribution < 1.29 is 23.5 Å². The molecule has 0 spiro atoms. The highest BCUT2D eigenvalue weighted by atomic mass is 19.1. The summed E-state index contributed by atoms with van der Waals surface area (Å²) < 4.78 is 18.3. The topological polar surface area (TPSA) is 95.7 Å². The largest absolute Gasteiger partial charge is 0.481 e. The van der Waals surface area contributed by atoms with Crippen LogP contribution in [0.3, 0.4) is 0 Å². The summed E-state index contributed by atoms with van der Waals surface area (Å²) in [5.74, 6) is -1.08. The number of benzene rings is 1. The van der Waals surface area contributed by atoms with Crippen LogP contribution in [0, 0.1) is 11.7 Å². The molecule has 2 aromatic rings. The molecule has 8 heteroatoms. The Morgan fingerprint density at radius 3 is 2.62 bits per heavy atom. The lowest BCUT2D eigenvalue weighted by atomic mass is 9.97. The highest BCUT2D eigenvalue weighted by Gasteiger charge is 2.26. The molecule has 1 aliphatic heterocycles. The van der Waals surface area contributed by atoms with Gasteiger partial charge in [-0.05, 0) is 37.1 Å². The minimum absolute atomic E-state index is 0.198. The number of amides is 2. The Labute approximate surface area is 149 Å². The number of likely N-dealkylation sites (tertiary alicyclic amines) is 1. The third-order valence-electron chi connectivity index (χ3n) is 4.43. The molecule has 0 bridgehead atoms. The molecule has 1 aliphatic rings. The van der Waals surface area contributed by atoms with Crippen LogP contribution in [0.15, 0.2) is 34.9 Å². The lowest BCUT2D eigenvalue weighted by Crippen LogP contribution is -2.45. The normalized spacial score (nSPS) is 15.0. The third kappa shape index (κ3) is 4.38. The van der Waals surface area contributed by atoms with Crippen molar-refractivity contribution in [3.05, 3.63) is 42.0 Å². The molecule has 0 unspecified atom stereocenters. The second-order valence-electron chi connectivity index (χ2n) is 6.23. The number of rotatable bonds is 5. The highest BCUT2D eigenvalue weighted by molar-refractivity contribution is 5.75. The highest BCUT2D eigenvalue weighted by Crippen LogP contribution is 2.19. The van der Waals surface area contributed by atoms with E-state index in [2.05, 4.69) is 10.3 Å². The minimum atomic E-state index is -0.798. The molecule has 2 amide bonds. The second kappa shape index (κ2) is 7.99. The lowest BCUT2D eigenvalue weighted by Gasteiger charge is -2.30. The van der Waals surface area contributed by atoms with Gasteiger partial charge in [0.05, 0.1) is 11.6 Å². The second-order valence-corrected chi connectivity index (χ2v) is 6.23. The molecule has 3 rings (SSSR count). The molecule has 1 aromatic carbocycles. The van der Waals surface area contributed by atoms with Crippen LogP contribution < -0.4 is 5.32 Å². The van der Waals surface area contributed by atoms with Crippen molar-refractivity contribution in [3.8, 4) is 11.5 Å². The van der Waals surface area contributed by atoms with Crippen LogP contribution in [0.4, 0.5) is 9.18 Å². The predicted octanol–water partition coefficient (Wildman–Crippen LogP) is 2.53. The van der Waals surface area contributed by atoms with Crippen LogP contribution in [-0.4, -0.2) is 46.6 Å². The predicted molar refractivity (Wildman–Crippen MR) is 90.9 cm³/mol. The fourth-order valence-electron chi connectivity index (χ4n) is 2.89. The number of urea groups is 1. The zero-order chi connectivity index (χ0) is 18.5. The summed E-state index contributed by atoms with van der Waals surface area (Å²) in [7, 11) is 0. The summed E-state index contributed by atoms with van der Waals surface area (Å²) >= 11 is 0. The Bertz CT molecular complexity index is 767. The first-order valence-corrected chi connectivity index (χ1v) is 8.49. The Hall–Kier alpha value is -2.90. The Morgan fingerprint density at radius 2 is 1.96 bits per heavy atom. The first-order valence-electron chi connectivity index (χ1n) is 8.49. The molecule has 0 saturated carbocycles. The lowest BCUT2D eigenvalue weighted by molar-refractivity contribution is -0.143. The monoisotopic (exact) mass is 361 g/mol. The number of nitrogens with one attached hydrogen (secondary N) is 1. The maximum Gasteiger partial charge on any atom is 0.317 e. The molecule has 0 atom stereocenters. The van der Waals surface area contributed by atoms with Crippen molar-refractivity contribution in [3.63, 3.8) is 0 Å². The van der Waals surface area contributed by atoms with Gasteiger partial charge in [-0.25, -0.2) is 14.2 Å². The van der Waals surface area contributed by atoms with Crippen LogP contribution in [0.5, 0.6) is 0 Å². The van der Waals surface area contributed by atoms with Gasteiger partial charge in [0.15, 0.2) is 0 Å². The average Bonchev–Trinajstić information content (AvgIpc) is 3.11. The summed E-state index contributed by atoms with van der Waals surface area (Å²) in [6.45, 7) is 1.29. The molecule has 1 saturated heterocycles. The standard InChI is InChI=1S/C18H20FN3O4/c19-14-3-1-12(2-4-14)16-21-15(11-26-16)5-8-20-18(25)22-9-6-13(7-10-22)17(23)24/h1-4,11,13H,5-10H2,(H,20,25)(H,23,24). The molecule has 2 N–H and O–H groups in total. The molecule has 138 valence electrons. The van der Waals surface area contributed by atoms with E-state index in [1.54, 1.807) is 17.0 Å². The van der Waals surface area contributed by atoms with Crippen molar-refractivity contribution >= 4 is 12.0 Å². The van der Waals surface area contributed by atoms with Gasteiger partial charge in [0.1, 0.15) is 12.1 Å². The minimum Gasteiger partial charge on any atom is -0.481 e. The Kier molecular flexibility index (Phi) is 5.50. The fraction of sp³-hybridized carbons (Fsp3) is 0.389. The SMILES string of the molecule is O=C(O)C1CCN(C(=O)NCCc2coc(-c3ccc(F)cc3)n2)CC1. The van der Waals surface area contributed by atoms with Crippen LogP contribution in [-0.2, 0) is 11.2 Å². The van der Waals surface area contributed by atoms with E-state index in [9.17, 15) is 14.0 Å². The van der Waals surface area contributed by atoms with Crippen molar-refractivity contribution in [1.82, 2.24) is 15.2 Å². The van der Waals surface area contributed by atoms with Gasteiger partial charge in [-0.1, -0.05) is 0 Å².